The molecule has 3 heterocycles. The fraction of sp³-hybridized carbons (Fsp3) is 0.294. The van der Waals surface area contributed by atoms with E-state index >= 15 is 0 Å². The molecule has 1 aliphatic rings. The first-order valence-corrected chi connectivity index (χ1v) is 15.0. The van der Waals surface area contributed by atoms with Gasteiger partial charge in [-0.1, -0.05) is 6.07 Å². The zero-order valence-electron chi connectivity index (χ0n) is 26.4. The zero-order valence-corrected chi connectivity index (χ0v) is 26.4. The summed E-state index contributed by atoms with van der Waals surface area (Å²) < 4.78 is 54.9. The maximum absolute atomic E-state index is 13.7. The molecule has 1 saturated heterocycles. The average molecular weight is 646 g/mol. The van der Waals surface area contributed by atoms with Gasteiger partial charge in [-0.05, 0) is 74.3 Å². The van der Waals surface area contributed by atoms with Gasteiger partial charge < -0.3 is 25.4 Å². The normalized spacial score (nSPS) is 14.4. The number of anilines is 2. The van der Waals surface area contributed by atoms with Crippen LogP contribution in [0.4, 0.5) is 24.8 Å². The highest BCUT2D eigenvalue weighted by Crippen LogP contribution is 2.45. The predicted molar refractivity (Wildman–Crippen MR) is 173 cm³/mol. The van der Waals surface area contributed by atoms with E-state index in [1.165, 1.54) is 6.07 Å². The molecule has 0 aliphatic carbocycles. The summed E-state index contributed by atoms with van der Waals surface area (Å²) in [6.07, 6.45) is 1.80. The predicted octanol–water partition coefficient (Wildman–Crippen LogP) is 6.34. The standard InChI is InChI=1S/C34H34F3N7O3/c1-19-5-6-20(32(45)41-27-15-23(34(35,36)37)7-8-28(27)47-24-9-11-43(2)12-10-24)13-25(19)26-14-21-16-39-33(38)42-30(21)29(31(26)46-4)22-17-40-44(3)18-22/h5-8,13-18,24H,9-12H2,1-4H3,(H,41,45)(H2,38,39,42). The number of alkyl halides is 3. The molecule has 0 unspecified atom stereocenters. The van der Waals surface area contributed by atoms with E-state index in [0.717, 1.165) is 49.2 Å². The molecule has 1 fully saturated rings. The summed E-state index contributed by atoms with van der Waals surface area (Å²) in [5.74, 6) is 0.170. The number of aromatic nitrogens is 4. The number of hydrogen-bond acceptors (Lipinski definition) is 8. The highest BCUT2D eigenvalue weighted by molar-refractivity contribution is 6.07. The molecule has 13 heteroatoms. The van der Waals surface area contributed by atoms with Gasteiger partial charge in [-0.3, -0.25) is 9.48 Å². The first-order valence-electron chi connectivity index (χ1n) is 15.0. The quantitative estimate of drug-likeness (QED) is 0.210. The molecule has 10 nitrogen and oxygen atoms in total. The number of benzene rings is 3. The Kier molecular flexibility index (Phi) is 8.49. The second-order valence-electron chi connectivity index (χ2n) is 11.7. The van der Waals surface area contributed by atoms with Crippen LogP contribution in [-0.2, 0) is 13.2 Å². The second kappa shape index (κ2) is 12.6. The van der Waals surface area contributed by atoms with Gasteiger partial charge in [-0.15, -0.1) is 0 Å². The van der Waals surface area contributed by atoms with Crippen LogP contribution in [0, 0.1) is 6.92 Å². The van der Waals surface area contributed by atoms with Crippen LogP contribution in [0.1, 0.15) is 34.3 Å². The first-order chi connectivity index (χ1) is 22.4. The van der Waals surface area contributed by atoms with Gasteiger partial charge in [-0.2, -0.15) is 18.3 Å². The number of carbonyl (C=O) groups excluding carboxylic acids is 1. The average Bonchev–Trinajstić information content (AvgIpc) is 3.47. The molecule has 0 radical (unpaired) electrons. The third kappa shape index (κ3) is 6.57. The third-order valence-electron chi connectivity index (χ3n) is 8.35. The van der Waals surface area contributed by atoms with Crippen LogP contribution >= 0.6 is 0 Å². The van der Waals surface area contributed by atoms with Crippen molar-refractivity contribution in [2.45, 2.75) is 32.0 Å². The van der Waals surface area contributed by atoms with Gasteiger partial charge in [0.2, 0.25) is 5.95 Å². The van der Waals surface area contributed by atoms with Gasteiger partial charge in [0.1, 0.15) is 17.6 Å². The van der Waals surface area contributed by atoms with Gasteiger partial charge in [0.15, 0.2) is 0 Å². The van der Waals surface area contributed by atoms with Gasteiger partial charge in [0.05, 0.1) is 35.6 Å². The van der Waals surface area contributed by atoms with Crippen molar-refractivity contribution in [3.63, 3.8) is 0 Å². The molecule has 6 rings (SSSR count). The summed E-state index contributed by atoms with van der Waals surface area (Å²) in [5, 5.41) is 7.69. The number of halogens is 3. The van der Waals surface area contributed by atoms with Crippen LogP contribution in [-0.4, -0.2) is 63.9 Å². The number of carbonyl (C=O) groups is 1. The monoisotopic (exact) mass is 645 g/mol. The molecule has 47 heavy (non-hydrogen) atoms. The highest BCUT2D eigenvalue weighted by atomic mass is 19.4. The van der Waals surface area contributed by atoms with Crippen molar-refractivity contribution in [1.29, 1.82) is 0 Å². The van der Waals surface area contributed by atoms with E-state index in [9.17, 15) is 18.0 Å². The molecule has 0 bridgehead atoms. The fourth-order valence-corrected chi connectivity index (χ4v) is 5.84. The fourth-order valence-electron chi connectivity index (χ4n) is 5.84. The number of fused-ring (bicyclic) bond motifs is 1. The molecule has 3 aromatic carbocycles. The number of amides is 1. The Balaban J connectivity index is 1.41. The number of methoxy groups -OCH3 is 1. The molecule has 244 valence electrons. The molecular weight excluding hydrogens is 611 g/mol. The Bertz CT molecular complexity index is 1970. The number of nitrogens with two attached hydrogens (primary N) is 1. The van der Waals surface area contributed by atoms with Crippen LogP contribution in [0.5, 0.6) is 11.5 Å². The Labute approximate surface area is 269 Å². The number of aryl methyl sites for hydroxylation is 2. The Hall–Kier alpha value is -5.17. The van der Waals surface area contributed by atoms with E-state index in [-0.39, 0.29) is 29.1 Å². The van der Waals surface area contributed by atoms with Gasteiger partial charge in [-0.25, -0.2) is 9.97 Å². The molecule has 3 N–H and O–H groups in total. The number of rotatable bonds is 7. The van der Waals surface area contributed by atoms with Crippen molar-refractivity contribution in [3.8, 4) is 33.8 Å². The maximum atomic E-state index is 13.7. The van der Waals surface area contributed by atoms with Crippen molar-refractivity contribution in [3.05, 3.63) is 77.7 Å². The topological polar surface area (TPSA) is 120 Å². The van der Waals surface area contributed by atoms with E-state index in [4.69, 9.17) is 15.2 Å². The summed E-state index contributed by atoms with van der Waals surface area (Å²) in [6, 6.07) is 10.1. The summed E-state index contributed by atoms with van der Waals surface area (Å²) in [7, 11) is 5.35. The van der Waals surface area contributed by atoms with Crippen LogP contribution < -0.4 is 20.5 Å². The molecule has 0 atom stereocenters. The molecule has 0 saturated carbocycles. The summed E-state index contributed by atoms with van der Waals surface area (Å²) in [5.41, 5.74) is 9.36. The third-order valence-corrected chi connectivity index (χ3v) is 8.35. The van der Waals surface area contributed by atoms with Gasteiger partial charge in [0, 0.05) is 54.6 Å². The minimum absolute atomic E-state index is 0.0530. The number of ether oxygens (including phenoxy) is 2. The van der Waals surface area contributed by atoms with Crippen LogP contribution in [0.15, 0.2) is 61.1 Å². The minimum Gasteiger partial charge on any atom is -0.495 e. The molecule has 0 spiro atoms. The van der Waals surface area contributed by atoms with Crippen molar-refractivity contribution < 1.29 is 27.4 Å². The number of hydrogen-bond donors (Lipinski definition) is 2. The maximum Gasteiger partial charge on any atom is 0.416 e. The van der Waals surface area contributed by atoms with Crippen molar-refractivity contribution >= 4 is 28.4 Å². The van der Waals surface area contributed by atoms with E-state index < -0.39 is 17.6 Å². The molecule has 2 aromatic heterocycles. The number of nitrogen functional groups attached to an aromatic ring is 1. The lowest BCUT2D eigenvalue weighted by atomic mass is 9.92. The van der Waals surface area contributed by atoms with Crippen LogP contribution in [0.3, 0.4) is 0 Å². The molecule has 1 amide bonds. The Morgan fingerprint density at radius 1 is 1.04 bits per heavy atom. The molecular formula is C34H34F3N7O3. The number of piperidine rings is 1. The minimum atomic E-state index is -4.60. The van der Waals surface area contributed by atoms with Crippen LogP contribution in [0.2, 0.25) is 0 Å². The summed E-state index contributed by atoms with van der Waals surface area (Å²) in [6.45, 7) is 3.50. The number of nitrogens with zero attached hydrogens (tertiary/aromatic N) is 5. The van der Waals surface area contributed by atoms with Gasteiger partial charge >= 0.3 is 6.18 Å². The van der Waals surface area contributed by atoms with E-state index in [0.29, 0.717) is 33.3 Å². The lowest BCUT2D eigenvalue weighted by molar-refractivity contribution is -0.137. The summed E-state index contributed by atoms with van der Waals surface area (Å²) in [4.78, 5) is 24.6. The zero-order chi connectivity index (χ0) is 33.5. The highest BCUT2D eigenvalue weighted by Gasteiger charge is 2.32. The Morgan fingerprint density at radius 2 is 1.81 bits per heavy atom. The SMILES string of the molecule is COc1c(-c2cc(C(=O)Nc3cc(C(F)(F)F)ccc3OC3CCN(C)CC3)ccc2C)cc2cnc(N)nc2c1-c1cnn(C)c1. The summed E-state index contributed by atoms with van der Waals surface area (Å²) >= 11 is 0. The first kappa shape index (κ1) is 31.8. The van der Waals surface area contributed by atoms with Crippen molar-refractivity contribution in [2.24, 2.45) is 7.05 Å². The van der Waals surface area contributed by atoms with Gasteiger partial charge in [0.25, 0.3) is 5.91 Å². The second-order valence-corrected chi connectivity index (χ2v) is 11.7. The van der Waals surface area contributed by atoms with E-state index in [1.54, 1.807) is 49.4 Å². The van der Waals surface area contributed by atoms with Crippen molar-refractivity contribution in [1.82, 2.24) is 24.6 Å². The lowest BCUT2D eigenvalue weighted by Crippen LogP contribution is -2.35. The largest absolute Gasteiger partial charge is 0.495 e. The van der Waals surface area contributed by atoms with Crippen LogP contribution in [0.25, 0.3) is 33.2 Å². The number of nitrogens with one attached hydrogen (secondary N) is 1. The Morgan fingerprint density at radius 3 is 2.49 bits per heavy atom. The molecule has 1 aliphatic heterocycles. The number of likely N-dealkylation sites (tertiary alicyclic amines) is 1. The lowest BCUT2D eigenvalue weighted by Gasteiger charge is -2.30. The van der Waals surface area contributed by atoms with E-state index in [1.807, 2.05) is 26.2 Å². The van der Waals surface area contributed by atoms with Crippen molar-refractivity contribution in [2.75, 3.05) is 38.3 Å². The molecule has 5 aromatic rings. The smallest absolute Gasteiger partial charge is 0.416 e. The van der Waals surface area contributed by atoms with E-state index in [2.05, 4.69) is 25.3 Å².